The monoisotopic (exact) mass is 325 g/mol. The van der Waals surface area contributed by atoms with Gasteiger partial charge in [-0.2, -0.15) is 0 Å². The van der Waals surface area contributed by atoms with E-state index in [-0.39, 0.29) is 18.6 Å². The minimum absolute atomic E-state index is 0.00831. The van der Waals surface area contributed by atoms with Gasteiger partial charge in [0, 0.05) is 24.7 Å². The number of rotatable bonds is 6. The third-order valence-corrected chi connectivity index (χ3v) is 4.16. The Hall–Kier alpha value is -1.26. The number of hydrogen-bond donors (Lipinski definition) is 0. The number of likely N-dealkylation sites (N-methyl/N-ethyl adjacent to an activating group) is 1. The normalized spacial score (nSPS) is 18.0. The Morgan fingerprint density at radius 2 is 2.27 bits per heavy atom. The highest BCUT2D eigenvalue weighted by Gasteiger charge is 2.20. The van der Waals surface area contributed by atoms with Crippen LogP contribution >= 0.6 is 11.6 Å². The Bertz CT molecular complexity index is 501. The molecule has 0 saturated carbocycles. The molecule has 0 aliphatic carbocycles. The van der Waals surface area contributed by atoms with Crippen molar-refractivity contribution in [1.82, 2.24) is 4.90 Å². The molecule has 22 heavy (non-hydrogen) atoms. The molecule has 0 radical (unpaired) electrons. The first-order valence-electron chi connectivity index (χ1n) is 7.88. The summed E-state index contributed by atoms with van der Waals surface area (Å²) in [6, 6.07) is 5.39. The molecule has 1 atom stereocenters. The predicted molar refractivity (Wildman–Crippen MR) is 87.5 cm³/mol. The second-order valence-electron chi connectivity index (χ2n) is 5.62. The fourth-order valence-electron chi connectivity index (χ4n) is 2.61. The molecule has 2 rings (SSSR count). The number of ether oxygens (including phenoxy) is 2. The number of halogens is 1. The molecule has 1 aliphatic heterocycles. The van der Waals surface area contributed by atoms with Gasteiger partial charge in [0.25, 0.3) is 5.91 Å². The third kappa shape index (κ3) is 4.89. The van der Waals surface area contributed by atoms with Crippen LogP contribution in [0.25, 0.3) is 0 Å². The zero-order valence-corrected chi connectivity index (χ0v) is 14.1. The quantitative estimate of drug-likeness (QED) is 0.804. The topological polar surface area (TPSA) is 38.8 Å². The number of aryl methyl sites for hydroxylation is 1. The minimum Gasteiger partial charge on any atom is -0.483 e. The van der Waals surface area contributed by atoms with Crippen molar-refractivity contribution in [2.24, 2.45) is 0 Å². The predicted octanol–water partition coefficient (Wildman–Crippen LogP) is 3.44. The number of nitrogens with zero attached hydrogens (tertiary/aromatic N) is 1. The first-order chi connectivity index (χ1) is 10.6. The molecule has 0 bridgehead atoms. The Kier molecular flexibility index (Phi) is 6.52. The summed E-state index contributed by atoms with van der Waals surface area (Å²) in [4.78, 5) is 14.1. The highest BCUT2D eigenvalue weighted by molar-refractivity contribution is 6.30. The molecular formula is C17H24ClNO3. The summed E-state index contributed by atoms with van der Waals surface area (Å²) in [5.41, 5.74) is 0.930. The van der Waals surface area contributed by atoms with Crippen LogP contribution in [0.3, 0.4) is 0 Å². The molecule has 4 nitrogen and oxygen atoms in total. The van der Waals surface area contributed by atoms with E-state index in [2.05, 4.69) is 0 Å². The van der Waals surface area contributed by atoms with Gasteiger partial charge in [0.15, 0.2) is 6.61 Å². The van der Waals surface area contributed by atoms with Crippen molar-refractivity contribution in [3.63, 3.8) is 0 Å². The molecule has 5 heteroatoms. The zero-order chi connectivity index (χ0) is 15.9. The Labute approximate surface area is 137 Å². The molecule has 0 N–H and O–H groups in total. The fraction of sp³-hybridized carbons (Fsp3) is 0.588. The number of carbonyl (C=O) groups is 1. The van der Waals surface area contributed by atoms with Gasteiger partial charge >= 0.3 is 0 Å². The van der Waals surface area contributed by atoms with Gasteiger partial charge in [0.05, 0.1) is 6.10 Å². The molecule has 1 unspecified atom stereocenters. The van der Waals surface area contributed by atoms with E-state index in [1.165, 1.54) is 6.42 Å². The number of hydrogen-bond acceptors (Lipinski definition) is 3. The van der Waals surface area contributed by atoms with Crippen LogP contribution in [0.2, 0.25) is 5.02 Å². The van der Waals surface area contributed by atoms with Gasteiger partial charge in [-0.15, -0.1) is 0 Å². The van der Waals surface area contributed by atoms with Crippen LogP contribution in [-0.4, -0.2) is 43.2 Å². The van der Waals surface area contributed by atoms with E-state index in [0.717, 1.165) is 25.0 Å². The fourth-order valence-corrected chi connectivity index (χ4v) is 2.84. The third-order valence-electron chi connectivity index (χ3n) is 3.92. The van der Waals surface area contributed by atoms with Gasteiger partial charge in [-0.25, -0.2) is 0 Å². The summed E-state index contributed by atoms with van der Waals surface area (Å²) in [5, 5.41) is 0.667. The number of carbonyl (C=O) groups excluding carboxylic acids is 1. The lowest BCUT2D eigenvalue weighted by Gasteiger charge is -2.29. The van der Waals surface area contributed by atoms with E-state index in [1.807, 2.05) is 19.9 Å². The maximum absolute atomic E-state index is 12.3. The van der Waals surface area contributed by atoms with E-state index >= 15 is 0 Å². The van der Waals surface area contributed by atoms with Crippen molar-refractivity contribution in [2.75, 3.05) is 26.3 Å². The van der Waals surface area contributed by atoms with Gasteiger partial charge in [-0.3, -0.25) is 4.79 Å². The van der Waals surface area contributed by atoms with E-state index in [0.29, 0.717) is 23.9 Å². The zero-order valence-electron chi connectivity index (χ0n) is 13.3. The molecule has 1 saturated heterocycles. The van der Waals surface area contributed by atoms with Crippen molar-refractivity contribution in [2.45, 2.75) is 39.2 Å². The summed E-state index contributed by atoms with van der Waals surface area (Å²) < 4.78 is 11.3. The highest BCUT2D eigenvalue weighted by atomic mass is 35.5. The van der Waals surface area contributed by atoms with Crippen LogP contribution in [0.5, 0.6) is 5.75 Å². The van der Waals surface area contributed by atoms with E-state index < -0.39 is 0 Å². The first-order valence-corrected chi connectivity index (χ1v) is 8.26. The molecule has 0 aromatic heterocycles. The second kappa shape index (κ2) is 8.39. The molecule has 1 amide bonds. The number of benzene rings is 1. The molecule has 1 aliphatic rings. The SMILES string of the molecule is CCN(CC1CCCCO1)C(=O)COc1ccc(Cl)cc1C. The summed E-state index contributed by atoms with van der Waals surface area (Å²) in [5.74, 6) is 0.689. The molecule has 1 heterocycles. The van der Waals surface area contributed by atoms with Crippen LogP contribution in [0.1, 0.15) is 31.7 Å². The lowest BCUT2D eigenvalue weighted by molar-refractivity contribution is -0.135. The lowest BCUT2D eigenvalue weighted by atomic mass is 10.1. The summed E-state index contributed by atoms with van der Waals surface area (Å²) in [6.45, 7) is 6.06. The molecule has 1 fully saturated rings. The minimum atomic E-state index is -0.00831. The summed E-state index contributed by atoms with van der Waals surface area (Å²) >= 11 is 5.92. The van der Waals surface area contributed by atoms with Gasteiger partial charge in [-0.05, 0) is 56.9 Å². The van der Waals surface area contributed by atoms with Crippen molar-refractivity contribution in [3.8, 4) is 5.75 Å². The van der Waals surface area contributed by atoms with Crippen LogP contribution < -0.4 is 4.74 Å². The van der Waals surface area contributed by atoms with Gasteiger partial charge < -0.3 is 14.4 Å². The van der Waals surface area contributed by atoms with E-state index in [1.54, 1.807) is 17.0 Å². The van der Waals surface area contributed by atoms with E-state index in [9.17, 15) is 4.79 Å². The van der Waals surface area contributed by atoms with Crippen LogP contribution in [-0.2, 0) is 9.53 Å². The molecular weight excluding hydrogens is 302 g/mol. The second-order valence-corrected chi connectivity index (χ2v) is 6.06. The summed E-state index contributed by atoms with van der Waals surface area (Å²) in [7, 11) is 0. The molecule has 1 aromatic rings. The Morgan fingerprint density at radius 1 is 1.45 bits per heavy atom. The largest absolute Gasteiger partial charge is 0.483 e. The number of amides is 1. The maximum Gasteiger partial charge on any atom is 0.260 e. The average molecular weight is 326 g/mol. The average Bonchev–Trinajstić information content (AvgIpc) is 2.52. The van der Waals surface area contributed by atoms with Gasteiger partial charge in [-0.1, -0.05) is 11.6 Å². The molecule has 1 aromatic carbocycles. The van der Waals surface area contributed by atoms with Gasteiger partial charge in [0.1, 0.15) is 5.75 Å². The highest BCUT2D eigenvalue weighted by Crippen LogP contribution is 2.22. The molecule has 122 valence electrons. The Balaban J connectivity index is 1.85. The smallest absolute Gasteiger partial charge is 0.260 e. The van der Waals surface area contributed by atoms with Crippen LogP contribution in [0.4, 0.5) is 0 Å². The summed E-state index contributed by atoms with van der Waals surface area (Å²) in [6.07, 6.45) is 3.49. The lowest BCUT2D eigenvalue weighted by Crippen LogP contribution is -2.41. The van der Waals surface area contributed by atoms with E-state index in [4.69, 9.17) is 21.1 Å². The maximum atomic E-state index is 12.3. The van der Waals surface area contributed by atoms with Crippen molar-refractivity contribution in [1.29, 1.82) is 0 Å². The van der Waals surface area contributed by atoms with Crippen molar-refractivity contribution in [3.05, 3.63) is 28.8 Å². The standard InChI is InChI=1S/C17H24ClNO3/c1-3-19(11-15-6-4-5-9-21-15)17(20)12-22-16-8-7-14(18)10-13(16)2/h7-8,10,15H,3-6,9,11-12H2,1-2H3. The van der Waals surface area contributed by atoms with Crippen LogP contribution in [0.15, 0.2) is 18.2 Å². The Morgan fingerprint density at radius 3 is 2.91 bits per heavy atom. The van der Waals surface area contributed by atoms with Crippen molar-refractivity contribution < 1.29 is 14.3 Å². The van der Waals surface area contributed by atoms with Gasteiger partial charge in [0.2, 0.25) is 0 Å². The first kappa shape index (κ1) is 17.1. The molecule has 0 spiro atoms. The van der Waals surface area contributed by atoms with Crippen molar-refractivity contribution >= 4 is 17.5 Å². The van der Waals surface area contributed by atoms with Crippen LogP contribution in [0, 0.1) is 6.92 Å².